The zero-order valence-corrected chi connectivity index (χ0v) is 23.9. The van der Waals surface area contributed by atoms with Gasteiger partial charge in [-0.15, -0.1) is 0 Å². The van der Waals surface area contributed by atoms with Gasteiger partial charge >= 0.3 is 0 Å². The number of benzene rings is 1. The van der Waals surface area contributed by atoms with Crippen molar-refractivity contribution in [2.75, 3.05) is 12.3 Å². The first-order valence-electron chi connectivity index (χ1n) is 14.9. The number of hydrogen-bond donors (Lipinski definition) is 4. The number of aliphatic hydroxyl groups is 2. The second-order valence-electron chi connectivity index (χ2n) is 12.6. The van der Waals surface area contributed by atoms with E-state index in [0.717, 1.165) is 60.9 Å². The summed E-state index contributed by atoms with van der Waals surface area (Å²) < 4.78 is 7.85. The van der Waals surface area contributed by atoms with E-state index in [1.165, 1.54) is 12.7 Å². The molecule has 3 aliphatic rings. The van der Waals surface area contributed by atoms with Crippen molar-refractivity contribution in [3.05, 3.63) is 42.2 Å². The van der Waals surface area contributed by atoms with Crippen LogP contribution in [0.4, 0.5) is 5.82 Å². The Kier molecular flexibility index (Phi) is 6.66. The average molecular weight is 572 g/mol. The van der Waals surface area contributed by atoms with Gasteiger partial charge < -0.3 is 25.7 Å². The Labute approximate surface area is 243 Å². The van der Waals surface area contributed by atoms with Gasteiger partial charge in [-0.2, -0.15) is 5.26 Å². The number of nitrogens with zero attached hydrogens (tertiary/aromatic N) is 7. The molecule has 2 saturated carbocycles. The lowest BCUT2D eigenvalue weighted by Gasteiger charge is -2.46. The van der Waals surface area contributed by atoms with Crippen LogP contribution in [0.3, 0.4) is 0 Å². The summed E-state index contributed by atoms with van der Waals surface area (Å²) in [5, 5.41) is 31.4. The maximum atomic E-state index is 10.9. The first kappa shape index (κ1) is 27.2. The molecule has 0 bridgehead atoms. The number of aromatic nitrogens is 6. The Morgan fingerprint density at radius 1 is 1.21 bits per heavy atom. The average Bonchev–Trinajstić information content (AvgIpc) is 3.33. The third-order valence-corrected chi connectivity index (χ3v) is 9.57. The lowest BCUT2D eigenvalue weighted by molar-refractivity contribution is -0.0620. The van der Waals surface area contributed by atoms with E-state index < -0.39 is 24.5 Å². The summed E-state index contributed by atoms with van der Waals surface area (Å²) in [7, 11) is 0. The molecule has 3 aromatic heterocycles. The molecule has 220 valence electrons. The number of H-pyrrole nitrogens is 1. The Morgan fingerprint density at radius 2 is 2.02 bits per heavy atom. The van der Waals surface area contributed by atoms with Gasteiger partial charge in [0.15, 0.2) is 17.7 Å². The Bertz CT molecular complexity index is 1650. The fourth-order valence-electron chi connectivity index (χ4n) is 6.77. The minimum atomic E-state index is -1.12. The minimum Gasteiger partial charge on any atom is -0.387 e. The highest BCUT2D eigenvalue weighted by Gasteiger charge is 2.47. The van der Waals surface area contributed by atoms with Crippen molar-refractivity contribution in [3.8, 4) is 6.07 Å². The van der Waals surface area contributed by atoms with Crippen LogP contribution in [0.2, 0.25) is 0 Å². The van der Waals surface area contributed by atoms with Crippen molar-refractivity contribution in [1.29, 1.82) is 5.26 Å². The van der Waals surface area contributed by atoms with Gasteiger partial charge in [0.1, 0.15) is 36.0 Å². The monoisotopic (exact) mass is 571 g/mol. The molecule has 0 spiro atoms. The number of nitrogens with two attached hydrogens (primary N) is 1. The number of anilines is 1. The Balaban J connectivity index is 0.957. The quantitative estimate of drug-likeness (QED) is 0.234. The molecular formula is C30H37N9O3. The third kappa shape index (κ3) is 4.61. The van der Waals surface area contributed by atoms with E-state index in [9.17, 15) is 15.5 Å². The zero-order valence-electron chi connectivity index (χ0n) is 23.9. The number of aromatic amines is 1. The van der Waals surface area contributed by atoms with Gasteiger partial charge in [-0.25, -0.2) is 19.9 Å². The Morgan fingerprint density at radius 3 is 2.76 bits per heavy atom. The van der Waals surface area contributed by atoms with Crippen LogP contribution < -0.4 is 5.73 Å². The van der Waals surface area contributed by atoms with Gasteiger partial charge in [-0.1, -0.05) is 6.07 Å². The fraction of sp³-hybridized carbons (Fsp3) is 0.567. The van der Waals surface area contributed by atoms with Crippen molar-refractivity contribution < 1.29 is 14.9 Å². The number of rotatable bonds is 9. The molecule has 7 rings (SSSR count). The number of aryl methyl sites for hydroxylation is 1. The SMILES string of the molecule is CC(C)N(C[C@H]1O[C@@H](n2cnc3c(N)ncnc32)[C@H](O)[C@@H]1O)[C@H]1C[C@H](CCc2nc3cc(C4(C#N)CC4)ccc3[nH]2)C1. The van der Waals surface area contributed by atoms with E-state index >= 15 is 0 Å². The number of imidazole rings is 2. The molecular weight excluding hydrogens is 534 g/mol. The predicted molar refractivity (Wildman–Crippen MR) is 155 cm³/mol. The second kappa shape index (κ2) is 10.3. The minimum absolute atomic E-state index is 0.255. The number of hydrogen-bond acceptors (Lipinski definition) is 10. The molecule has 4 heterocycles. The van der Waals surface area contributed by atoms with Gasteiger partial charge in [-0.3, -0.25) is 9.47 Å². The molecule has 0 unspecified atom stereocenters. The van der Waals surface area contributed by atoms with Crippen molar-refractivity contribution in [3.63, 3.8) is 0 Å². The van der Waals surface area contributed by atoms with E-state index in [4.69, 9.17) is 15.5 Å². The molecule has 12 heteroatoms. The van der Waals surface area contributed by atoms with E-state index in [1.807, 2.05) is 0 Å². The predicted octanol–water partition coefficient (Wildman–Crippen LogP) is 2.58. The van der Waals surface area contributed by atoms with E-state index in [1.54, 1.807) is 4.57 Å². The number of aliphatic hydroxyl groups excluding tert-OH is 2. The highest BCUT2D eigenvalue weighted by atomic mass is 16.6. The fourth-order valence-corrected chi connectivity index (χ4v) is 6.77. The highest BCUT2D eigenvalue weighted by molar-refractivity contribution is 5.81. The van der Waals surface area contributed by atoms with Crippen LogP contribution >= 0.6 is 0 Å². The van der Waals surface area contributed by atoms with Crippen LogP contribution in [0.1, 0.15) is 63.6 Å². The maximum Gasteiger partial charge on any atom is 0.167 e. The number of nitrogen functional groups attached to an aromatic ring is 1. The van der Waals surface area contributed by atoms with Crippen LogP contribution in [0.5, 0.6) is 0 Å². The topological polar surface area (TPSA) is 175 Å². The van der Waals surface area contributed by atoms with Gasteiger partial charge in [0.2, 0.25) is 0 Å². The normalized spacial score (nSPS) is 28.5. The molecule has 2 aliphatic carbocycles. The molecule has 1 aromatic carbocycles. The second-order valence-corrected chi connectivity index (χ2v) is 12.6. The number of nitriles is 1. The molecule has 0 radical (unpaired) electrons. The summed E-state index contributed by atoms with van der Waals surface area (Å²) in [6.07, 6.45) is 5.29. The van der Waals surface area contributed by atoms with E-state index in [2.05, 4.69) is 63.0 Å². The van der Waals surface area contributed by atoms with Crippen LogP contribution in [-0.2, 0) is 16.6 Å². The van der Waals surface area contributed by atoms with Gasteiger partial charge in [0, 0.05) is 25.0 Å². The van der Waals surface area contributed by atoms with Crippen molar-refractivity contribution in [2.24, 2.45) is 5.92 Å². The van der Waals surface area contributed by atoms with Gasteiger partial charge in [0.05, 0.1) is 28.8 Å². The lowest BCUT2D eigenvalue weighted by Crippen LogP contribution is -2.52. The standard InChI is InChI=1S/C30H37N9O3/c1-16(2)38(12-22-25(40)26(41)29(42-22)39-15-35-24-27(32)33-14-34-28(24)39)19-9-17(10-19)3-6-23-36-20-5-4-18(11-21(20)37-23)30(13-31)7-8-30/h4-5,11,14-17,19,22,25-26,29,40-41H,3,6-10,12H2,1-2H3,(H,36,37)(H2,32,33,34)/t17-,19-,22-,25-,26-,29-/m1/s1. The molecule has 12 nitrogen and oxygen atoms in total. The van der Waals surface area contributed by atoms with Gasteiger partial charge in [0.25, 0.3) is 0 Å². The van der Waals surface area contributed by atoms with Crippen molar-refractivity contribution in [1.82, 2.24) is 34.4 Å². The van der Waals surface area contributed by atoms with E-state index in [0.29, 0.717) is 29.7 Å². The van der Waals surface area contributed by atoms with Crippen LogP contribution in [0.15, 0.2) is 30.9 Å². The summed E-state index contributed by atoms with van der Waals surface area (Å²) in [4.78, 5) is 23.2. The molecule has 0 amide bonds. The Hall–Kier alpha value is -3.63. The summed E-state index contributed by atoms with van der Waals surface area (Å²) in [5.74, 6) is 1.85. The van der Waals surface area contributed by atoms with Crippen LogP contribution in [0.25, 0.3) is 22.2 Å². The van der Waals surface area contributed by atoms with Crippen LogP contribution in [-0.4, -0.2) is 81.5 Å². The summed E-state index contributed by atoms with van der Waals surface area (Å²) in [5.41, 5.74) is 9.57. The lowest BCUT2D eigenvalue weighted by atomic mass is 9.76. The first-order valence-corrected chi connectivity index (χ1v) is 14.9. The maximum absolute atomic E-state index is 10.9. The molecule has 1 saturated heterocycles. The first-order chi connectivity index (χ1) is 20.3. The number of fused-ring (bicyclic) bond motifs is 2. The summed E-state index contributed by atoms with van der Waals surface area (Å²) in [6.45, 7) is 4.84. The molecule has 4 atom stereocenters. The van der Waals surface area contributed by atoms with Crippen molar-refractivity contribution >= 4 is 28.0 Å². The largest absolute Gasteiger partial charge is 0.387 e. The zero-order chi connectivity index (χ0) is 29.2. The van der Waals surface area contributed by atoms with Gasteiger partial charge in [-0.05, 0) is 69.6 Å². The number of ether oxygens (including phenoxy) is 1. The van der Waals surface area contributed by atoms with Crippen molar-refractivity contribution in [2.45, 2.75) is 94.4 Å². The molecule has 5 N–H and O–H groups in total. The third-order valence-electron chi connectivity index (χ3n) is 9.57. The van der Waals surface area contributed by atoms with Crippen LogP contribution in [0, 0.1) is 17.2 Å². The smallest absolute Gasteiger partial charge is 0.167 e. The molecule has 4 aromatic rings. The summed E-state index contributed by atoms with van der Waals surface area (Å²) >= 11 is 0. The highest BCUT2D eigenvalue weighted by Crippen LogP contribution is 2.48. The number of nitrogens with one attached hydrogen (secondary N) is 1. The molecule has 42 heavy (non-hydrogen) atoms. The molecule has 3 fully saturated rings. The molecule has 1 aliphatic heterocycles. The van der Waals surface area contributed by atoms with E-state index in [-0.39, 0.29) is 17.3 Å². The summed E-state index contributed by atoms with van der Waals surface area (Å²) in [6, 6.07) is 9.31.